The minimum absolute atomic E-state index is 0.0440. The van der Waals surface area contributed by atoms with Crippen LogP contribution in [-0.2, 0) is 17.8 Å². The van der Waals surface area contributed by atoms with E-state index in [9.17, 15) is 4.79 Å². The molecule has 24 heavy (non-hydrogen) atoms. The second-order valence-electron chi connectivity index (χ2n) is 6.11. The van der Waals surface area contributed by atoms with Gasteiger partial charge in [0.15, 0.2) is 6.10 Å². The fourth-order valence-corrected chi connectivity index (χ4v) is 3.25. The number of para-hydroxylation sites is 1. The summed E-state index contributed by atoms with van der Waals surface area (Å²) in [6.45, 7) is 0.516. The number of fused-ring (bicyclic) bond motifs is 2. The Labute approximate surface area is 141 Å². The molecule has 1 aliphatic rings. The topological polar surface area (TPSA) is 38.3 Å². The summed E-state index contributed by atoms with van der Waals surface area (Å²) in [6, 6.07) is 22.3. The molecule has 1 atom stereocenters. The number of carbonyl (C=O) groups is 1. The van der Waals surface area contributed by atoms with Crippen LogP contribution in [-0.4, -0.2) is 12.0 Å². The molecule has 0 spiro atoms. The van der Waals surface area contributed by atoms with E-state index < -0.39 is 6.10 Å². The van der Waals surface area contributed by atoms with Crippen LogP contribution in [0.5, 0.6) is 5.75 Å². The molecule has 0 radical (unpaired) electrons. The summed E-state index contributed by atoms with van der Waals surface area (Å²) in [5.74, 6) is 0.784. The molecule has 4 rings (SSSR count). The molecule has 1 aliphatic heterocycles. The van der Waals surface area contributed by atoms with Gasteiger partial charge in [-0.3, -0.25) is 4.79 Å². The number of hydrogen-bond donors (Lipinski definition) is 1. The maximum atomic E-state index is 12.5. The Kier molecular flexibility index (Phi) is 3.91. The summed E-state index contributed by atoms with van der Waals surface area (Å²) in [4.78, 5) is 12.5. The van der Waals surface area contributed by atoms with Crippen molar-refractivity contribution < 1.29 is 9.53 Å². The molecule has 3 aromatic carbocycles. The van der Waals surface area contributed by atoms with E-state index in [1.807, 2.05) is 36.4 Å². The van der Waals surface area contributed by atoms with Gasteiger partial charge in [0.1, 0.15) is 5.75 Å². The van der Waals surface area contributed by atoms with Crippen LogP contribution in [0.4, 0.5) is 0 Å². The average Bonchev–Trinajstić information content (AvgIpc) is 2.65. The van der Waals surface area contributed by atoms with Crippen molar-refractivity contribution in [1.82, 2.24) is 5.32 Å². The molecule has 3 nitrogen and oxygen atoms in total. The minimum Gasteiger partial charge on any atom is -0.480 e. The van der Waals surface area contributed by atoms with E-state index in [0.29, 0.717) is 6.54 Å². The van der Waals surface area contributed by atoms with E-state index in [1.165, 1.54) is 16.3 Å². The van der Waals surface area contributed by atoms with Crippen molar-refractivity contribution in [3.8, 4) is 5.75 Å². The highest BCUT2D eigenvalue weighted by molar-refractivity contribution is 5.86. The first kappa shape index (κ1) is 14.8. The molecule has 3 heteroatoms. The monoisotopic (exact) mass is 317 g/mol. The third kappa shape index (κ3) is 2.85. The van der Waals surface area contributed by atoms with E-state index in [-0.39, 0.29) is 5.91 Å². The zero-order valence-electron chi connectivity index (χ0n) is 13.4. The number of nitrogens with one attached hydrogen (secondary N) is 1. The second-order valence-corrected chi connectivity index (χ2v) is 6.11. The SMILES string of the molecule is O=C(NCc1cccc2ccccc12)[C@H]1CCc2ccccc2O1. The number of carbonyl (C=O) groups excluding carboxylic acids is 1. The lowest BCUT2D eigenvalue weighted by atomic mass is 10.0. The predicted octanol–water partition coefficient (Wildman–Crippen LogP) is 3.85. The van der Waals surface area contributed by atoms with Gasteiger partial charge in [-0.25, -0.2) is 0 Å². The van der Waals surface area contributed by atoms with Gasteiger partial charge in [-0.15, -0.1) is 0 Å². The normalized spacial score (nSPS) is 16.2. The van der Waals surface area contributed by atoms with Crippen LogP contribution in [0.25, 0.3) is 10.8 Å². The zero-order chi connectivity index (χ0) is 16.4. The Morgan fingerprint density at radius 2 is 1.79 bits per heavy atom. The fraction of sp³-hybridized carbons (Fsp3) is 0.190. The molecule has 0 bridgehead atoms. The number of amides is 1. The predicted molar refractivity (Wildman–Crippen MR) is 95.0 cm³/mol. The number of ether oxygens (including phenoxy) is 1. The molecule has 1 amide bonds. The summed E-state index contributed by atoms with van der Waals surface area (Å²) in [6.07, 6.45) is 1.19. The maximum absolute atomic E-state index is 12.5. The highest BCUT2D eigenvalue weighted by Gasteiger charge is 2.25. The van der Waals surface area contributed by atoms with Crippen LogP contribution in [0.3, 0.4) is 0 Å². The van der Waals surface area contributed by atoms with Crippen molar-refractivity contribution in [2.75, 3.05) is 0 Å². The van der Waals surface area contributed by atoms with Gasteiger partial charge in [0.05, 0.1) is 0 Å². The van der Waals surface area contributed by atoms with Crippen LogP contribution in [0.2, 0.25) is 0 Å². The first-order chi connectivity index (χ1) is 11.8. The largest absolute Gasteiger partial charge is 0.480 e. The Bertz CT molecular complexity index is 882. The third-order valence-corrected chi connectivity index (χ3v) is 4.54. The molecule has 1 N–H and O–H groups in total. The molecule has 3 aromatic rings. The van der Waals surface area contributed by atoms with E-state index in [1.54, 1.807) is 0 Å². The van der Waals surface area contributed by atoms with Crippen LogP contribution < -0.4 is 10.1 Å². The Morgan fingerprint density at radius 3 is 2.75 bits per heavy atom. The van der Waals surface area contributed by atoms with Gasteiger partial charge in [0.2, 0.25) is 0 Å². The van der Waals surface area contributed by atoms with E-state index in [2.05, 4.69) is 35.6 Å². The highest BCUT2D eigenvalue weighted by atomic mass is 16.5. The third-order valence-electron chi connectivity index (χ3n) is 4.54. The summed E-state index contributed by atoms with van der Waals surface area (Å²) in [5, 5.41) is 5.39. The molecule has 0 aromatic heterocycles. The summed E-state index contributed by atoms with van der Waals surface area (Å²) in [5.41, 5.74) is 2.30. The van der Waals surface area contributed by atoms with Crippen molar-refractivity contribution >= 4 is 16.7 Å². The van der Waals surface area contributed by atoms with Gasteiger partial charge in [0.25, 0.3) is 5.91 Å². The van der Waals surface area contributed by atoms with E-state index >= 15 is 0 Å². The molecule has 0 saturated heterocycles. The van der Waals surface area contributed by atoms with Crippen LogP contribution in [0.15, 0.2) is 66.7 Å². The lowest BCUT2D eigenvalue weighted by Gasteiger charge is -2.25. The molecule has 0 aliphatic carbocycles. The standard InChI is InChI=1S/C21H19NO2/c23-21(20-13-12-16-7-2-4-11-19(16)24-20)22-14-17-9-5-8-15-6-1-3-10-18(15)17/h1-11,20H,12-14H2,(H,22,23)/t20-/m1/s1. The van der Waals surface area contributed by atoms with Gasteiger partial charge in [-0.1, -0.05) is 60.7 Å². The van der Waals surface area contributed by atoms with Crippen LogP contribution >= 0.6 is 0 Å². The average molecular weight is 317 g/mol. The quantitative estimate of drug-likeness (QED) is 0.797. The Morgan fingerprint density at radius 1 is 1.00 bits per heavy atom. The van der Waals surface area contributed by atoms with Gasteiger partial charge >= 0.3 is 0 Å². The highest BCUT2D eigenvalue weighted by Crippen LogP contribution is 2.27. The first-order valence-corrected chi connectivity index (χ1v) is 8.30. The molecule has 0 unspecified atom stereocenters. The molecule has 1 heterocycles. The second kappa shape index (κ2) is 6.36. The van der Waals surface area contributed by atoms with E-state index in [0.717, 1.165) is 24.2 Å². The number of benzene rings is 3. The van der Waals surface area contributed by atoms with Gasteiger partial charge < -0.3 is 10.1 Å². The molecular formula is C21H19NO2. The number of rotatable bonds is 3. The van der Waals surface area contributed by atoms with Crippen molar-refractivity contribution in [2.45, 2.75) is 25.5 Å². The summed E-state index contributed by atoms with van der Waals surface area (Å²) >= 11 is 0. The Hall–Kier alpha value is -2.81. The summed E-state index contributed by atoms with van der Waals surface area (Å²) < 4.78 is 5.86. The summed E-state index contributed by atoms with van der Waals surface area (Å²) in [7, 11) is 0. The van der Waals surface area contributed by atoms with Gasteiger partial charge in [-0.2, -0.15) is 0 Å². The molecule has 120 valence electrons. The maximum Gasteiger partial charge on any atom is 0.261 e. The molecule has 0 fully saturated rings. The smallest absolute Gasteiger partial charge is 0.261 e. The number of aryl methyl sites for hydroxylation is 1. The van der Waals surface area contributed by atoms with Crippen molar-refractivity contribution in [3.63, 3.8) is 0 Å². The fourth-order valence-electron chi connectivity index (χ4n) is 3.25. The molecular weight excluding hydrogens is 298 g/mol. The molecule has 0 saturated carbocycles. The van der Waals surface area contributed by atoms with Crippen LogP contribution in [0.1, 0.15) is 17.5 Å². The number of hydrogen-bond acceptors (Lipinski definition) is 2. The zero-order valence-corrected chi connectivity index (χ0v) is 13.4. The van der Waals surface area contributed by atoms with Crippen molar-refractivity contribution in [2.24, 2.45) is 0 Å². The van der Waals surface area contributed by atoms with E-state index in [4.69, 9.17) is 4.74 Å². The van der Waals surface area contributed by atoms with Crippen molar-refractivity contribution in [1.29, 1.82) is 0 Å². The van der Waals surface area contributed by atoms with Gasteiger partial charge in [-0.05, 0) is 40.8 Å². The minimum atomic E-state index is -0.408. The van der Waals surface area contributed by atoms with Gasteiger partial charge in [0, 0.05) is 6.54 Å². The lowest BCUT2D eigenvalue weighted by molar-refractivity contribution is -0.128. The Balaban J connectivity index is 1.45. The first-order valence-electron chi connectivity index (χ1n) is 8.30. The lowest BCUT2D eigenvalue weighted by Crippen LogP contribution is -2.40. The van der Waals surface area contributed by atoms with Crippen molar-refractivity contribution in [3.05, 3.63) is 77.9 Å². The van der Waals surface area contributed by atoms with Crippen LogP contribution in [0, 0.1) is 0 Å².